The number of fused-ring (bicyclic) bond motifs is 1. The van der Waals surface area contributed by atoms with Gasteiger partial charge in [0.25, 0.3) is 10.0 Å². The average Bonchev–Trinajstić information content (AvgIpc) is 3.24. The first-order valence-corrected chi connectivity index (χ1v) is 12.2. The van der Waals surface area contributed by atoms with Crippen molar-refractivity contribution in [2.45, 2.75) is 11.4 Å². The Kier molecular flexibility index (Phi) is 5.69. The normalized spacial score (nSPS) is 11.4. The summed E-state index contributed by atoms with van der Waals surface area (Å²) >= 11 is 0. The number of nitrogens with zero attached hydrogens (tertiary/aromatic N) is 2. The number of rotatable bonds is 6. The van der Waals surface area contributed by atoms with Crippen molar-refractivity contribution < 1.29 is 13.2 Å². The summed E-state index contributed by atoms with van der Waals surface area (Å²) in [6.45, 7) is 0.365. The maximum absolute atomic E-state index is 13.1. The van der Waals surface area contributed by atoms with Crippen LogP contribution in [0.4, 0.5) is 0 Å². The molecule has 4 aromatic carbocycles. The zero-order valence-electron chi connectivity index (χ0n) is 18.1. The molecule has 0 unspecified atom stereocenters. The Morgan fingerprint density at radius 1 is 0.735 bits per heavy atom. The standard InChI is InChI=1S/C27H21N3O3S/c31-27(29-34(32,33)23-11-5-2-6-12-23)26-28-24-13-7-8-14-25(24)30(26)19-20-15-17-22(18-16-20)21-9-3-1-4-10-21/h1-18H,19H2,(H,29,31). The molecule has 5 aromatic rings. The summed E-state index contributed by atoms with van der Waals surface area (Å²) in [5.41, 5.74) is 4.53. The van der Waals surface area contributed by atoms with E-state index in [2.05, 4.69) is 9.71 Å². The Hall–Kier alpha value is -4.23. The minimum Gasteiger partial charge on any atom is -0.315 e. The van der Waals surface area contributed by atoms with Gasteiger partial charge >= 0.3 is 5.91 Å². The van der Waals surface area contributed by atoms with Crippen LogP contribution < -0.4 is 4.72 Å². The van der Waals surface area contributed by atoms with Gasteiger partial charge in [-0.2, -0.15) is 0 Å². The molecular formula is C27H21N3O3S. The molecule has 5 rings (SSSR count). The second-order valence-electron chi connectivity index (χ2n) is 7.82. The molecule has 0 aliphatic rings. The number of para-hydroxylation sites is 2. The molecular weight excluding hydrogens is 446 g/mol. The van der Waals surface area contributed by atoms with E-state index >= 15 is 0 Å². The first kappa shape index (κ1) is 21.6. The summed E-state index contributed by atoms with van der Waals surface area (Å²) in [6, 6.07) is 33.3. The van der Waals surface area contributed by atoms with Gasteiger partial charge in [0.05, 0.1) is 15.9 Å². The van der Waals surface area contributed by atoms with Gasteiger partial charge in [-0.25, -0.2) is 18.1 Å². The van der Waals surface area contributed by atoms with E-state index in [1.165, 1.54) is 12.1 Å². The van der Waals surface area contributed by atoms with Crippen LogP contribution in [0.5, 0.6) is 0 Å². The van der Waals surface area contributed by atoms with E-state index in [1.807, 2.05) is 72.8 Å². The molecule has 34 heavy (non-hydrogen) atoms. The van der Waals surface area contributed by atoms with Crippen molar-refractivity contribution in [3.05, 3.63) is 121 Å². The zero-order valence-corrected chi connectivity index (χ0v) is 18.9. The topological polar surface area (TPSA) is 81.1 Å². The highest BCUT2D eigenvalue weighted by molar-refractivity contribution is 7.90. The molecule has 0 aliphatic heterocycles. The second-order valence-corrected chi connectivity index (χ2v) is 9.50. The lowest BCUT2D eigenvalue weighted by Gasteiger charge is -2.11. The third-order valence-electron chi connectivity index (χ3n) is 5.54. The Labute approximate surface area is 197 Å². The lowest BCUT2D eigenvalue weighted by Crippen LogP contribution is -2.32. The van der Waals surface area contributed by atoms with Crippen LogP contribution in [0.2, 0.25) is 0 Å². The number of carbonyl (C=O) groups is 1. The van der Waals surface area contributed by atoms with Gasteiger partial charge < -0.3 is 4.57 Å². The predicted octanol–water partition coefficient (Wildman–Crippen LogP) is 4.87. The Morgan fingerprint density at radius 2 is 1.32 bits per heavy atom. The van der Waals surface area contributed by atoms with Crippen LogP contribution >= 0.6 is 0 Å². The summed E-state index contributed by atoms with van der Waals surface area (Å²) < 4.78 is 29.3. The van der Waals surface area contributed by atoms with Gasteiger partial charge in [-0.15, -0.1) is 0 Å². The molecule has 0 bridgehead atoms. The number of hydrogen-bond donors (Lipinski definition) is 1. The lowest BCUT2D eigenvalue weighted by molar-refractivity contribution is 0.0968. The third kappa shape index (κ3) is 4.33. The van der Waals surface area contributed by atoms with Crippen molar-refractivity contribution in [3.8, 4) is 11.1 Å². The maximum Gasteiger partial charge on any atom is 0.301 e. The molecule has 1 heterocycles. The van der Waals surface area contributed by atoms with Crippen LogP contribution in [0.15, 0.2) is 114 Å². The Bertz CT molecular complexity index is 1560. The maximum atomic E-state index is 13.1. The van der Waals surface area contributed by atoms with Crippen molar-refractivity contribution in [1.82, 2.24) is 14.3 Å². The highest BCUT2D eigenvalue weighted by Crippen LogP contribution is 2.22. The summed E-state index contributed by atoms with van der Waals surface area (Å²) in [5.74, 6) is -0.742. The molecule has 0 spiro atoms. The predicted molar refractivity (Wildman–Crippen MR) is 132 cm³/mol. The molecule has 0 aliphatic carbocycles. The van der Waals surface area contributed by atoms with Crippen LogP contribution in [0.1, 0.15) is 16.2 Å². The van der Waals surface area contributed by atoms with Gasteiger partial charge in [0.15, 0.2) is 0 Å². The fourth-order valence-electron chi connectivity index (χ4n) is 3.85. The first-order chi connectivity index (χ1) is 16.5. The van der Waals surface area contributed by atoms with E-state index in [9.17, 15) is 13.2 Å². The van der Waals surface area contributed by atoms with Crippen molar-refractivity contribution in [2.75, 3.05) is 0 Å². The summed E-state index contributed by atoms with van der Waals surface area (Å²) in [5, 5.41) is 0. The van der Waals surface area contributed by atoms with Crippen LogP contribution in [0, 0.1) is 0 Å². The number of benzene rings is 4. The molecule has 0 atom stereocenters. The SMILES string of the molecule is O=C(NS(=O)(=O)c1ccccc1)c1nc2ccccc2n1Cc1ccc(-c2ccccc2)cc1. The molecule has 0 radical (unpaired) electrons. The van der Waals surface area contributed by atoms with E-state index in [0.717, 1.165) is 22.2 Å². The number of carbonyl (C=O) groups excluding carboxylic acids is 1. The fraction of sp³-hybridized carbons (Fsp3) is 0.0370. The zero-order chi connectivity index (χ0) is 23.5. The van der Waals surface area contributed by atoms with E-state index in [-0.39, 0.29) is 10.7 Å². The molecule has 7 heteroatoms. The summed E-state index contributed by atoms with van der Waals surface area (Å²) in [4.78, 5) is 17.5. The molecule has 0 fully saturated rings. The van der Waals surface area contributed by atoms with Crippen LogP contribution in [-0.2, 0) is 16.6 Å². The summed E-state index contributed by atoms with van der Waals surface area (Å²) in [6.07, 6.45) is 0. The largest absolute Gasteiger partial charge is 0.315 e. The number of amides is 1. The van der Waals surface area contributed by atoms with E-state index in [4.69, 9.17) is 0 Å². The van der Waals surface area contributed by atoms with E-state index < -0.39 is 15.9 Å². The van der Waals surface area contributed by atoms with Gasteiger partial charge in [0.2, 0.25) is 5.82 Å². The monoisotopic (exact) mass is 467 g/mol. The molecule has 168 valence electrons. The fourth-order valence-corrected chi connectivity index (χ4v) is 4.82. The molecule has 1 N–H and O–H groups in total. The van der Waals surface area contributed by atoms with Gasteiger partial charge in [0.1, 0.15) is 0 Å². The Morgan fingerprint density at radius 3 is 2.03 bits per heavy atom. The minimum atomic E-state index is -4.02. The van der Waals surface area contributed by atoms with Crippen molar-refractivity contribution in [3.63, 3.8) is 0 Å². The Balaban J connectivity index is 1.47. The van der Waals surface area contributed by atoms with Crippen LogP contribution in [0.25, 0.3) is 22.2 Å². The average molecular weight is 468 g/mol. The highest BCUT2D eigenvalue weighted by atomic mass is 32.2. The van der Waals surface area contributed by atoms with Gasteiger partial charge in [-0.05, 0) is 41.0 Å². The lowest BCUT2D eigenvalue weighted by atomic mass is 10.0. The smallest absolute Gasteiger partial charge is 0.301 e. The minimum absolute atomic E-state index is 0.0162. The summed E-state index contributed by atoms with van der Waals surface area (Å²) in [7, 11) is -4.02. The number of hydrogen-bond acceptors (Lipinski definition) is 4. The van der Waals surface area contributed by atoms with Crippen molar-refractivity contribution >= 4 is 27.0 Å². The number of aromatic nitrogens is 2. The number of imidazole rings is 1. The quantitative estimate of drug-likeness (QED) is 0.386. The van der Waals surface area contributed by atoms with Gasteiger partial charge in [0, 0.05) is 6.54 Å². The van der Waals surface area contributed by atoms with Crippen LogP contribution in [-0.4, -0.2) is 23.9 Å². The molecule has 0 saturated carbocycles. The van der Waals surface area contributed by atoms with E-state index in [0.29, 0.717) is 12.1 Å². The van der Waals surface area contributed by atoms with Gasteiger partial charge in [-0.3, -0.25) is 4.79 Å². The molecule has 1 amide bonds. The highest BCUT2D eigenvalue weighted by Gasteiger charge is 2.23. The second kappa shape index (κ2) is 8.96. The van der Waals surface area contributed by atoms with E-state index in [1.54, 1.807) is 28.8 Å². The van der Waals surface area contributed by atoms with Crippen molar-refractivity contribution in [2.24, 2.45) is 0 Å². The number of sulfonamides is 1. The van der Waals surface area contributed by atoms with Crippen molar-refractivity contribution in [1.29, 1.82) is 0 Å². The van der Waals surface area contributed by atoms with Crippen LogP contribution in [0.3, 0.4) is 0 Å². The molecule has 1 aromatic heterocycles. The molecule has 0 saturated heterocycles. The number of nitrogens with one attached hydrogen (secondary N) is 1. The first-order valence-electron chi connectivity index (χ1n) is 10.7. The van der Waals surface area contributed by atoms with Gasteiger partial charge in [-0.1, -0.05) is 84.9 Å². The molecule has 6 nitrogen and oxygen atoms in total. The third-order valence-corrected chi connectivity index (χ3v) is 6.89.